The lowest BCUT2D eigenvalue weighted by Gasteiger charge is -2.30. The van der Waals surface area contributed by atoms with Crippen LogP contribution in [0.25, 0.3) is 0 Å². The largest absolute Gasteiger partial charge is 0.374 e. The van der Waals surface area contributed by atoms with Gasteiger partial charge in [-0.25, -0.2) is 0 Å². The number of benzene rings is 1. The zero-order valence-electron chi connectivity index (χ0n) is 13.0. The molecule has 0 heterocycles. The van der Waals surface area contributed by atoms with Crippen molar-refractivity contribution in [2.75, 3.05) is 18.5 Å². The molecule has 0 aliphatic heterocycles. The van der Waals surface area contributed by atoms with Gasteiger partial charge in [0.25, 0.3) is 0 Å². The Hall–Kier alpha value is -0.730. The van der Waals surface area contributed by atoms with Crippen LogP contribution in [0.3, 0.4) is 0 Å². The summed E-state index contributed by atoms with van der Waals surface area (Å²) in [6.07, 6.45) is 0. The van der Waals surface area contributed by atoms with Crippen LogP contribution in [0.4, 0.5) is 5.69 Å². The molecular weight excluding hydrogens is 256 g/mol. The van der Waals surface area contributed by atoms with Crippen LogP contribution in [0.2, 0.25) is 5.02 Å². The maximum Gasteiger partial charge on any atom is 0.0471 e. The lowest BCUT2D eigenvalue weighted by atomic mass is 9.95. The monoisotopic (exact) mass is 282 g/mol. The van der Waals surface area contributed by atoms with Crippen LogP contribution < -0.4 is 10.2 Å². The molecule has 1 aromatic carbocycles. The summed E-state index contributed by atoms with van der Waals surface area (Å²) in [5.41, 5.74) is 2.67. The summed E-state index contributed by atoms with van der Waals surface area (Å²) < 4.78 is 0. The van der Waals surface area contributed by atoms with Gasteiger partial charge in [-0.05, 0) is 17.5 Å². The number of nitrogens with zero attached hydrogens (tertiary/aromatic N) is 1. The third-order valence-corrected chi connectivity index (χ3v) is 3.26. The first-order valence-corrected chi connectivity index (χ1v) is 7.30. The predicted octanol–water partition coefficient (Wildman–Crippen LogP) is 4.32. The Morgan fingerprint density at radius 1 is 1.26 bits per heavy atom. The van der Waals surface area contributed by atoms with Crippen molar-refractivity contribution in [1.29, 1.82) is 0 Å². The summed E-state index contributed by atoms with van der Waals surface area (Å²) in [5.74, 6) is 0. The first-order chi connectivity index (χ1) is 8.70. The quantitative estimate of drug-likeness (QED) is 0.865. The Morgan fingerprint density at radius 3 is 2.42 bits per heavy atom. The molecule has 0 aromatic heterocycles. The summed E-state index contributed by atoms with van der Waals surface area (Å²) in [5, 5.41) is 4.29. The molecule has 0 aliphatic carbocycles. The van der Waals surface area contributed by atoms with E-state index in [1.807, 2.05) is 12.1 Å². The van der Waals surface area contributed by atoms with Crippen molar-refractivity contribution in [3.63, 3.8) is 0 Å². The normalized spacial score (nSPS) is 12.0. The van der Waals surface area contributed by atoms with Crippen LogP contribution in [-0.4, -0.2) is 19.6 Å². The van der Waals surface area contributed by atoms with E-state index in [0.29, 0.717) is 6.04 Å². The molecule has 0 saturated carbocycles. The van der Waals surface area contributed by atoms with E-state index < -0.39 is 0 Å². The molecule has 0 radical (unpaired) electrons. The molecule has 2 nitrogen and oxygen atoms in total. The second-order valence-corrected chi connectivity index (χ2v) is 7.10. The molecule has 0 aliphatic rings. The number of hydrogen-bond donors (Lipinski definition) is 1. The van der Waals surface area contributed by atoms with Gasteiger partial charge < -0.3 is 10.2 Å². The molecule has 1 aromatic rings. The fourth-order valence-corrected chi connectivity index (χ4v) is 2.42. The molecule has 19 heavy (non-hydrogen) atoms. The zero-order valence-corrected chi connectivity index (χ0v) is 13.8. The van der Waals surface area contributed by atoms with Crippen molar-refractivity contribution in [2.24, 2.45) is 5.41 Å². The van der Waals surface area contributed by atoms with E-state index in [0.717, 1.165) is 18.1 Å². The minimum atomic E-state index is 0.264. The minimum absolute atomic E-state index is 0.264. The topological polar surface area (TPSA) is 15.3 Å². The highest BCUT2D eigenvalue weighted by molar-refractivity contribution is 6.31. The number of anilines is 1. The van der Waals surface area contributed by atoms with E-state index in [-0.39, 0.29) is 5.41 Å². The van der Waals surface area contributed by atoms with Crippen molar-refractivity contribution in [3.8, 4) is 0 Å². The second kappa shape index (κ2) is 6.62. The van der Waals surface area contributed by atoms with Gasteiger partial charge in [0.15, 0.2) is 0 Å². The fraction of sp³-hybridized carbons (Fsp3) is 0.625. The molecule has 0 fully saturated rings. The SMILES string of the molecule is CC(C)NCc1c(Cl)cccc1N(C)CC(C)(C)C. The van der Waals surface area contributed by atoms with Gasteiger partial charge in [0.05, 0.1) is 0 Å². The lowest BCUT2D eigenvalue weighted by Crippen LogP contribution is -2.31. The average Bonchev–Trinajstić information content (AvgIpc) is 2.24. The molecule has 0 spiro atoms. The molecule has 0 atom stereocenters. The highest BCUT2D eigenvalue weighted by Crippen LogP contribution is 2.29. The Balaban J connectivity index is 2.96. The molecule has 1 N–H and O–H groups in total. The molecular formula is C16H27ClN2. The predicted molar refractivity (Wildman–Crippen MR) is 86.2 cm³/mol. The molecule has 0 unspecified atom stereocenters. The van der Waals surface area contributed by atoms with Crippen molar-refractivity contribution in [2.45, 2.75) is 47.2 Å². The summed E-state index contributed by atoms with van der Waals surface area (Å²) >= 11 is 6.36. The van der Waals surface area contributed by atoms with Crippen molar-refractivity contribution in [3.05, 3.63) is 28.8 Å². The molecule has 1 rings (SSSR count). The maximum atomic E-state index is 6.36. The first-order valence-electron chi connectivity index (χ1n) is 6.92. The van der Waals surface area contributed by atoms with Gasteiger partial charge in [-0.1, -0.05) is 52.3 Å². The van der Waals surface area contributed by atoms with Gasteiger partial charge in [0.2, 0.25) is 0 Å². The Kier molecular flexibility index (Phi) is 5.69. The van der Waals surface area contributed by atoms with Gasteiger partial charge >= 0.3 is 0 Å². The Labute approximate surface area is 123 Å². The average molecular weight is 283 g/mol. The molecule has 108 valence electrons. The van der Waals surface area contributed by atoms with Crippen LogP contribution in [0.1, 0.15) is 40.2 Å². The molecule has 3 heteroatoms. The van der Waals surface area contributed by atoms with Crippen LogP contribution in [0, 0.1) is 5.41 Å². The second-order valence-electron chi connectivity index (χ2n) is 6.69. The summed E-state index contributed by atoms with van der Waals surface area (Å²) in [6, 6.07) is 6.59. The zero-order chi connectivity index (χ0) is 14.6. The summed E-state index contributed by atoms with van der Waals surface area (Å²) in [4.78, 5) is 2.29. The number of halogens is 1. The fourth-order valence-electron chi connectivity index (χ4n) is 2.18. The third-order valence-electron chi connectivity index (χ3n) is 2.90. The molecule has 0 amide bonds. The molecule has 0 bridgehead atoms. The van der Waals surface area contributed by atoms with Crippen LogP contribution in [0.15, 0.2) is 18.2 Å². The van der Waals surface area contributed by atoms with Gasteiger partial charge in [-0.15, -0.1) is 0 Å². The highest BCUT2D eigenvalue weighted by atomic mass is 35.5. The summed E-state index contributed by atoms with van der Waals surface area (Å²) in [7, 11) is 2.13. The van der Waals surface area contributed by atoms with E-state index in [1.165, 1.54) is 11.3 Å². The number of rotatable bonds is 5. The van der Waals surface area contributed by atoms with E-state index in [9.17, 15) is 0 Å². The van der Waals surface area contributed by atoms with Gasteiger partial charge in [0.1, 0.15) is 0 Å². The van der Waals surface area contributed by atoms with Crippen molar-refractivity contribution in [1.82, 2.24) is 5.32 Å². The number of hydrogen-bond acceptors (Lipinski definition) is 2. The first kappa shape index (κ1) is 16.3. The van der Waals surface area contributed by atoms with E-state index in [2.05, 4.69) is 57.9 Å². The van der Waals surface area contributed by atoms with Gasteiger partial charge in [-0.2, -0.15) is 0 Å². The Morgan fingerprint density at radius 2 is 1.89 bits per heavy atom. The highest BCUT2D eigenvalue weighted by Gasteiger charge is 2.17. The minimum Gasteiger partial charge on any atom is -0.374 e. The van der Waals surface area contributed by atoms with Crippen molar-refractivity contribution >= 4 is 17.3 Å². The van der Waals surface area contributed by atoms with Crippen LogP contribution in [-0.2, 0) is 6.54 Å². The summed E-state index contributed by atoms with van der Waals surface area (Å²) in [6.45, 7) is 12.9. The van der Waals surface area contributed by atoms with Crippen molar-refractivity contribution < 1.29 is 0 Å². The van der Waals surface area contributed by atoms with Gasteiger partial charge in [-0.3, -0.25) is 0 Å². The van der Waals surface area contributed by atoms with E-state index in [1.54, 1.807) is 0 Å². The number of nitrogens with one attached hydrogen (secondary N) is 1. The van der Waals surface area contributed by atoms with Crippen LogP contribution in [0.5, 0.6) is 0 Å². The maximum absolute atomic E-state index is 6.36. The van der Waals surface area contributed by atoms with Gasteiger partial charge in [0, 0.05) is 42.5 Å². The van der Waals surface area contributed by atoms with E-state index >= 15 is 0 Å². The Bertz CT molecular complexity index is 408. The smallest absolute Gasteiger partial charge is 0.0471 e. The molecule has 0 saturated heterocycles. The lowest BCUT2D eigenvalue weighted by molar-refractivity contribution is 0.418. The third kappa shape index (κ3) is 5.42. The standard InChI is InChI=1S/C16H27ClN2/c1-12(2)18-10-13-14(17)8-7-9-15(13)19(6)11-16(3,4)5/h7-9,12,18H,10-11H2,1-6H3. The van der Waals surface area contributed by atoms with E-state index in [4.69, 9.17) is 11.6 Å². The van der Waals surface area contributed by atoms with Crippen LogP contribution >= 0.6 is 11.6 Å².